The monoisotopic (exact) mass is 348 g/mol. The number of carbonyl (C=O) groups is 1. The van der Waals surface area contributed by atoms with Gasteiger partial charge in [0.2, 0.25) is 0 Å². The van der Waals surface area contributed by atoms with Crippen molar-refractivity contribution in [3.05, 3.63) is 42.1 Å². The van der Waals surface area contributed by atoms with Gasteiger partial charge in [-0.05, 0) is 24.5 Å². The molecule has 5 nitrogen and oxygen atoms in total. The Hall–Kier alpha value is -2.28. The molecule has 1 saturated heterocycles. The molecule has 0 spiro atoms. The molecule has 0 unspecified atom stereocenters. The summed E-state index contributed by atoms with van der Waals surface area (Å²) in [7, 11) is 0. The Bertz CT molecular complexity index is 712. The standard InChI is InChI=1S/C18H22F2N4O/c19-16(20)12-24-9-6-15(7-10-24)23-18(25)22-11-14-4-1-3-13-5-2-8-21-17(13)14/h1-5,8,15-16H,6-7,9-12H2,(H2,22,23,25). The third-order valence-corrected chi connectivity index (χ3v) is 4.47. The van der Waals surface area contributed by atoms with Gasteiger partial charge in [-0.1, -0.05) is 24.3 Å². The van der Waals surface area contributed by atoms with E-state index in [1.165, 1.54) is 0 Å². The van der Waals surface area contributed by atoms with E-state index in [4.69, 9.17) is 0 Å². The fourth-order valence-electron chi connectivity index (χ4n) is 3.18. The number of hydrogen-bond acceptors (Lipinski definition) is 3. The number of rotatable bonds is 5. The summed E-state index contributed by atoms with van der Waals surface area (Å²) >= 11 is 0. The Labute approximate surface area is 145 Å². The van der Waals surface area contributed by atoms with Gasteiger partial charge < -0.3 is 10.6 Å². The zero-order valence-electron chi connectivity index (χ0n) is 13.9. The molecule has 7 heteroatoms. The predicted molar refractivity (Wildman–Crippen MR) is 92.6 cm³/mol. The van der Waals surface area contributed by atoms with Crippen molar-refractivity contribution in [1.82, 2.24) is 20.5 Å². The smallest absolute Gasteiger partial charge is 0.315 e. The highest BCUT2D eigenvalue weighted by molar-refractivity contribution is 5.82. The second-order valence-corrected chi connectivity index (χ2v) is 6.29. The van der Waals surface area contributed by atoms with Gasteiger partial charge in [0, 0.05) is 37.3 Å². The number of nitrogens with one attached hydrogen (secondary N) is 2. The number of likely N-dealkylation sites (tertiary alicyclic amines) is 1. The van der Waals surface area contributed by atoms with Crippen molar-refractivity contribution in [2.24, 2.45) is 0 Å². The van der Waals surface area contributed by atoms with Gasteiger partial charge in [0.05, 0.1) is 12.1 Å². The minimum atomic E-state index is -2.30. The number of urea groups is 1. The topological polar surface area (TPSA) is 57.3 Å². The maximum absolute atomic E-state index is 12.4. The molecule has 0 bridgehead atoms. The summed E-state index contributed by atoms with van der Waals surface area (Å²) in [6.45, 7) is 1.38. The van der Waals surface area contributed by atoms with Crippen molar-refractivity contribution in [3.63, 3.8) is 0 Å². The molecule has 134 valence electrons. The number of piperidine rings is 1. The number of aromatic nitrogens is 1. The lowest BCUT2D eigenvalue weighted by Gasteiger charge is -2.32. The number of alkyl halides is 2. The van der Waals surface area contributed by atoms with E-state index in [0.717, 1.165) is 16.5 Å². The van der Waals surface area contributed by atoms with Crippen LogP contribution in [0.15, 0.2) is 36.5 Å². The van der Waals surface area contributed by atoms with E-state index in [1.54, 1.807) is 11.1 Å². The van der Waals surface area contributed by atoms with E-state index >= 15 is 0 Å². The Morgan fingerprint density at radius 2 is 2.00 bits per heavy atom. The largest absolute Gasteiger partial charge is 0.335 e. The molecule has 0 saturated carbocycles. The van der Waals surface area contributed by atoms with Crippen LogP contribution in [0.2, 0.25) is 0 Å². The van der Waals surface area contributed by atoms with Crippen molar-refractivity contribution < 1.29 is 13.6 Å². The first-order chi connectivity index (χ1) is 12.1. The number of halogens is 2. The van der Waals surface area contributed by atoms with Crippen LogP contribution in [0.25, 0.3) is 10.9 Å². The lowest BCUT2D eigenvalue weighted by molar-refractivity contribution is 0.0737. The number of carbonyl (C=O) groups excluding carboxylic acids is 1. The van der Waals surface area contributed by atoms with Gasteiger partial charge in [0.1, 0.15) is 0 Å². The lowest BCUT2D eigenvalue weighted by Crippen LogP contribution is -2.48. The number of nitrogens with zero attached hydrogens (tertiary/aromatic N) is 2. The molecule has 1 fully saturated rings. The molecule has 1 aromatic heterocycles. The number of pyridine rings is 1. The van der Waals surface area contributed by atoms with Crippen molar-refractivity contribution >= 4 is 16.9 Å². The van der Waals surface area contributed by atoms with Gasteiger partial charge in [0.15, 0.2) is 0 Å². The fourth-order valence-corrected chi connectivity index (χ4v) is 3.18. The molecular formula is C18H22F2N4O. The number of benzene rings is 1. The highest BCUT2D eigenvalue weighted by Gasteiger charge is 2.22. The molecule has 0 atom stereocenters. The van der Waals surface area contributed by atoms with Crippen LogP contribution in [-0.4, -0.2) is 48.0 Å². The molecule has 0 radical (unpaired) electrons. The van der Waals surface area contributed by atoms with Crippen molar-refractivity contribution in [2.45, 2.75) is 31.9 Å². The van der Waals surface area contributed by atoms with Crippen molar-refractivity contribution in [1.29, 1.82) is 0 Å². The Morgan fingerprint density at radius 1 is 1.24 bits per heavy atom. The van der Waals surface area contributed by atoms with E-state index in [1.807, 2.05) is 30.3 Å². The minimum absolute atomic E-state index is 0.0274. The third-order valence-electron chi connectivity index (χ3n) is 4.47. The summed E-state index contributed by atoms with van der Waals surface area (Å²) in [5.41, 5.74) is 1.84. The average molecular weight is 348 g/mol. The quantitative estimate of drug-likeness (QED) is 0.874. The van der Waals surface area contributed by atoms with Crippen LogP contribution < -0.4 is 10.6 Å². The molecule has 2 N–H and O–H groups in total. The molecule has 2 heterocycles. The van der Waals surface area contributed by atoms with Crippen LogP contribution in [-0.2, 0) is 6.54 Å². The highest BCUT2D eigenvalue weighted by Crippen LogP contribution is 2.16. The van der Waals surface area contributed by atoms with Gasteiger partial charge in [-0.25, -0.2) is 13.6 Å². The van der Waals surface area contributed by atoms with Crippen molar-refractivity contribution in [2.75, 3.05) is 19.6 Å². The van der Waals surface area contributed by atoms with E-state index in [0.29, 0.717) is 32.5 Å². The van der Waals surface area contributed by atoms with Gasteiger partial charge in [-0.2, -0.15) is 0 Å². The third kappa shape index (κ3) is 4.85. The number of amides is 2. The first-order valence-corrected chi connectivity index (χ1v) is 8.49. The van der Waals surface area contributed by atoms with Gasteiger partial charge in [0.25, 0.3) is 6.43 Å². The lowest BCUT2D eigenvalue weighted by atomic mass is 10.1. The maximum Gasteiger partial charge on any atom is 0.315 e. The predicted octanol–water partition coefficient (Wildman–Crippen LogP) is 2.76. The zero-order valence-corrected chi connectivity index (χ0v) is 13.9. The summed E-state index contributed by atoms with van der Waals surface area (Å²) in [6, 6.07) is 9.53. The molecular weight excluding hydrogens is 326 g/mol. The first kappa shape index (κ1) is 17.5. The molecule has 0 aliphatic carbocycles. The summed E-state index contributed by atoms with van der Waals surface area (Å²) < 4.78 is 24.7. The van der Waals surface area contributed by atoms with E-state index in [-0.39, 0.29) is 18.6 Å². The van der Waals surface area contributed by atoms with Crippen LogP contribution >= 0.6 is 0 Å². The summed E-state index contributed by atoms with van der Waals surface area (Å²) in [4.78, 5) is 18.2. The summed E-state index contributed by atoms with van der Waals surface area (Å²) in [5, 5.41) is 6.82. The second-order valence-electron chi connectivity index (χ2n) is 6.29. The molecule has 2 amide bonds. The van der Waals surface area contributed by atoms with Crippen molar-refractivity contribution in [3.8, 4) is 0 Å². The Kier molecular flexibility index (Phi) is 5.75. The summed E-state index contributed by atoms with van der Waals surface area (Å²) in [5.74, 6) is 0. The summed E-state index contributed by atoms with van der Waals surface area (Å²) in [6.07, 6.45) is 0.812. The van der Waals surface area contributed by atoms with Gasteiger partial charge in [-0.15, -0.1) is 0 Å². The molecule has 1 aliphatic heterocycles. The van der Waals surface area contributed by atoms with E-state index in [9.17, 15) is 13.6 Å². The molecule has 25 heavy (non-hydrogen) atoms. The van der Waals surface area contributed by atoms with Gasteiger partial charge >= 0.3 is 6.03 Å². The average Bonchev–Trinajstić information content (AvgIpc) is 2.61. The molecule has 1 aromatic carbocycles. The number of para-hydroxylation sites is 1. The molecule has 3 rings (SSSR count). The number of hydrogen-bond donors (Lipinski definition) is 2. The maximum atomic E-state index is 12.4. The molecule has 1 aliphatic rings. The van der Waals surface area contributed by atoms with Crippen LogP contribution in [0.5, 0.6) is 0 Å². The SMILES string of the molecule is O=C(NCc1cccc2cccnc12)NC1CCN(CC(F)F)CC1. The normalized spacial score (nSPS) is 16.3. The van der Waals surface area contributed by atoms with Gasteiger partial charge in [-0.3, -0.25) is 9.88 Å². The van der Waals surface area contributed by atoms with Crippen LogP contribution in [0.3, 0.4) is 0 Å². The van der Waals surface area contributed by atoms with E-state index < -0.39 is 6.43 Å². The Balaban J connectivity index is 1.47. The second kappa shape index (κ2) is 8.20. The highest BCUT2D eigenvalue weighted by atomic mass is 19.3. The first-order valence-electron chi connectivity index (χ1n) is 8.49. The Morgan fingerprint density at radius 3 is 2.76 bits per heavy atom. The zero-order chi connectivity index (χ0) is 17.6. The number of fused-ring (bicyclic) bond motifs is 1. The van der Waals surface area contributed by atoms with Crippen LogP contribution in [0.4, 0.5) is 13.6 Å². The van der Waals surface area contributed by atoms with E-state index in [2.05, 4.69) is 15.6 Å². The van der Waals surface area contributed by atoms with Crippen LogP contribution in [0.1, 0.15) is 18.4 Å². The fraction of sp³-hybridized carbons (Fsp3) is 0.444. The molecule has 2 aromatic rings. The minimum Gasteiger partial charge on any atom is -0.335 e. The van der Waals surface area contributed by atoms with Crippen LogP contribution in [0, 0.1) is 0 Å².